The highest BCUT2D eigenvalue weighted by molar-refractivity contribution is 8.00. The number of para-hydroxylation sites is 2. The van der Waals surface area contributed by atoms with Crippen molar-refractivity contribution in [3.05, 3.63) is 66.5 Å². The van der Waals surface area contributed by atoms with Crippen LogP contribution in [-0.4, -0.2) is 75.0 Å². The summed E-state index contributed by atoms with van der Waals surface area (Å²) in [5, 5.41) is 9.68. The number of thioether (sulfide) groups is 1. The quantitative estimate of drug-likeness (QED) is 0.465. The SMILES string of the molecule is C[C@H](Sc1nnc(CN2CCCCC2)n1-c1ccccc1)C(=O)N1CCN(c2ccccc2)CC1. The second-order valence-electron chi connectivity index (χ2n) is 9.31. The molecule has 2 fully saturated rings. The molecule has 2 aliphatic heterocycles. The summed E-state index contributed by atoms with van der Waals surface area (Å²) < 4.78 is 2.14. The molecule has 0 unspecified atom stereocenters. The standard InChI is InChI=1S/C27H34N6OS/c1-22(26(34)32-19-17-31(18-20-32)23-11-5-2-6-12-23)35-27-29-28-25(21-30-15-9-4-10-16-30)33(27)24-13-7-3-8-14-24/h2-3,5-8,11-14,22H,4,9-10,15-21H2,1H3/t22-/m0/s1. The van der Waals surface area contributed by atoms with E-state index in [9.17, 15) is 4.79 Å². The average molecular weight is 491 g/mol. The highest BCUT2D eigenvalue weighted by Crippen LogP contribution is 2.28. The van der Waals surface area contributed by atoms with E-state index in [1.54, 1.807) is 0 Å². The molecule has 0 spiro atoms. The molecule has 2 saturated heterocycles. The summed E-state index contributed by atoms with van der Waals surface area (Å²) in [5.41, 5.74) is 2.27. The number of amides is 1. The van der Waals surface area contributed by atoms with E-state index in [1.807, 2.05) is 36.1 Å². The number of hydrogen-bond acceptors (Lipinski definition) is 6. The van der Waals surface area contributed by atoms with Crippen LogP contribution >= 0.6 is 11.8 Å². The predicted octanol–water partition coefficient (Wildman–Crippen LogP) is 4.08. The van der Waals surface area contributed by atoms with E-state index >= 15 is 0 Å². The fourth-order valence-corrected chi connectivity index (χ4v) is 5.89. The fraction of sp³-hybridized carbons (Fsp3) is 0.444. The average Bonchev–Trinajstić information content (AvgIpc) is 3.31. The van der Waals surface area contributed by atoms with E-state index in [0.717, 1.165) is 62.5 Å². The molecule has 2 aliphatic rings. The Kier molecular flexibility index (Phi) is 7.69. The van der Waals surface area contributed by atoms with Gasteiger partial charge in [-0.05, 0) is 57.1 Å². The molecule has 3 aromatic rings. The molecule has 7 nitrogen and oxygen atoms in total. The van der Waals surface area contributed by atoms with Crippen LogP contribution in [0.3, 0.4) is 0 Å². The molecule has 35 heavy (non-hydrogen) atoms. The first-order chi connectivity index (χ1) is 17.2. The van der Waals surface area contributed by atoms with E-state index < -0.39 is 0 Å². The van der Waals surface area contributed by atoms with Crippen molar-refractivity contribution in [2.75, 3.05) is 44.2 Å². The Bertz CT molecular complexity index is 1090. The molecule has 184 valence electrons. The lowest BCUT2D eigenvalue weighted by Crippen LogP contribution is -2.50. The normalized spacial score (nSPS) is 18.0. The van der Waals surface area contributed by atoms with Crippen molar-refractivity contribution in [1.29, 1.82) is 0 Å². The molecule has 0 radical (unpaired) electrons. The largest absolute Gasteiger partial charge is 0.368 e. The van der Waals surface area contributed by atoms with Crippen LogP contribution in [0.2, 0.25) is 0 Å². The third-order valence-electron chi connectivity index (χ3n) is 6.87. The Hall–Kier alpha value is -2.84. The van der Waals surface area contributed by atoms with Gasteiger partial charge < -0.3 is 9.80 Å². The third kappa shape index (κ3) is 5.70. The molecule has 2 aromatic carbocycles. The van der Waals surface area contributed by atoms with Gasteiger partial charge in [-0.15, -0.1) is 10.2 Å². The van der Waals surface area contributed by atoms with Gasteiger partial charge in [0.25, 0.3) is 0 Å². The van der Waals surface area contributed by atoms with Gasteiger partial charge in [0.05, 0.1) is 11.8 Å². The van der Waals surface area contributed by atoms with Crippen LogP contribution in [0.5, 0.6) is 0 Å². The van der Waals surface area contributed by atoms with Crippen LogP contribution in [0.25, 0.3) is 5.69 Å². The molecular weight excluding hydrogens is 456 g/mol. The van der Waals surface area contributed by atoms with Crippen molar-refractivity contribution < 1.29 is 4.79 Å². The molecule has 8 heteroatoms. The van der Waals surface area contributed by atoms with Crippen LogP contribution in [0, 0.1) is 0 Å². The first-order valence-electron chi connectivity index (χ1n) is 12.7. The van der Waals surface area contributed by atoms with Gasteiger partial charge in [0.2, 0.25) is 5.91 Å². The fourth-order valence-electron chi connectivity index (χ4n) is 4.92. The van der Waals surface area contributed by atoms with E-state index in [0.29, 0.717) is 0 Å². The number of nitrogens with zero attached hydrogens (tertiary/aromatic N) is 6. The van der Waals surface area contributed by atoms with Crippen molar-refractivity contribution in [2.45, 2.75) is 43.1 Å². The van der Waals surface area contributed by atoms with E-state index in [2.05, 4.69) is 61.0 Å². The Balaban J connectivity index is 1.27. The minimum Gasteiger partial charge on any atom is -0.368 e. The third-order valence-corrected chi connectivity index (χ3v) is 7.90. The number of likely N-dealkylation sites (tertiary alicyclic amines) is 1. The van der Waals surface area contributed by atoms with Crippen LogP contribution in [0.1, 0.15) is 32.0 Å². The Morgan fingerprint density at radius 3 is 2.11 bits per heavy atom. The lowest BCUT2D eigenvalue weighted by Gasteiger charge is -2.37. The van der Waals surface area contributed by atoms with Crippen LogP contribution < -0.4 is 4.90 Å². The van der Waals surface area contributed by atoms with Gasteiger partial charge in [-0.25, -0.2) is 0 Å². The van der Waals surface area contributed by atoms with E-state index in [4.69, 9.17) is 0 Å². The molecule has 0 bridgehead atoms. The van der Waals surface area contributed by atoms with Gasteiger partial charge in [0, 0.05) is 37.6 Å². The molecule has 1 atom stereocenters. The monoisotopic (exact) mass is 490 g/mol. The maximum Gasteiger partial charge on any atom is 0.236 e. The zero-order valence-corrected chi connectivity index (χ0v) is 21.2. The van der Waals surface area contributed by atoms with Crippen LogP contribution in [-0.2, 0) is 11.3 Å². The predicted molar refractivity (Wildman–Crippen MR) is 141 cm³/mol. The highest BCUT2D eigenvalue weighted by Gasteiger charge is 2.28. The number of piperazine rings is 1. The van der Waals surface area contributed by atoms with Crippen LogP contribution in [0.15, 0.2) is 65.8 Å². The zero-order valence-electron chi connectivity index (χ0n) is 20.4. The van der Waals surface area contributed by atoms with Crippen molar-refractivity contribution in [2.24, 2.45) is 0 Å². The molecule has 1 amide bonds. The second-order valence-corrected chi connectivity index (χ2v) is 10.6. The first-order valence-corrected chi connectivity index (χ1v) is 13.5. The summed E-state index contributed by atoms with van der Waals surface area (Å²) in [4.78, 5) is 20.1. The highest BCUT2D eigenvalue weighted by atomic mass is 32.2. The maximum absolute atomic E-state index is 13.3. The second kappa shape index (κ2) is 11.3. The summed E-state index contributed by atoms with van der Waals surface area (Å²) in [6.07, 6.45) is 3.79. The number of rotatable bonds is 7. The molecule has 3 heterocycles. The minimum atomic E-state index is -0.229. The minimum absolute atomic E-state index is 0.169. The van der Waals surface area contributed by atoms with Crippen molar-refractivity contribution in [1.82, 2.24) is 24.6 Å². The topological polar surface area (TPSA) is 57.5 Å². The van der Waals surface area contributed by atoms with Crippen molar-refractivity contribution in [3.63, 3.8) is 0 Å². The number of carbonyl (C=O) groups excluding carboxylic acids is 1. The first kappa shape index (κ1) is 23.9. The van der Waals surface area contributed by atoms with Gasteiger partial charge in [-0.1, -0.05) is 54.6 Å². The van der Waals surface area contributed by atoms with E-state index in [-0.39, 0.29) is 11.2 Å². The number of carbonyl (C=O) groups is 1. The Morgan fingerprint density at radius 1 is 0.829 bits per heavy atom. The van der Waals surface area contributed by atoms with Crippen molar-refractivity contribution in [3.8, 4) is 5.69 Å². The molecule has 1 aromatic heterocycles. The van der Waals surface area contributed by atoms with Gasteiger partial charge in [0.15, 0.2) is 11.0 Å². The zero-order chi connectivity index (χ0) is 24.0. The summed E-state index contributed by atoms with van der Waals surface area (Å²) >= 11 is 1.51. The Labute approximate surface area is 212 Å². The molecular formula is C27H34N6OS. The van der Waals surface area contributed by atoms with E-state index in [1.165, 1.54) is 36.7 Å². The molecule has 0 saturated carbocycles. The number of piperidine rings is 1. The number of aromatic nitrogens is 3. The molecule has 0 aliphatic carbocycles. The van der Waals surface area contributed by atoms with Crippen LogP contribution in [0.4, 0.5) is 5.69 Å². The summed E-state index contributed by atoms with van der Waals surface area (Å²) in [6.45, 7) is 8.17. The summed E-state index contributed by atoms with van der Waals surface area (Å²) in [7, 11) is 0. The molecule has 0 N–H and O–H groups in total. The van der Waals surface area contributed by atoms with Gasteiger partial charge >= 0.3 is 0 Å². The molecule has 5 rings (SSSR count). The lowest BCUT2D eigenvalue weighted by atomic mass is 10.1. The Morgan fingerprint density at radius 2 is 1.46 bits per heavy atom. The van der Waals surface area contributed by atoms with Gasteiger partial charge in [0.1, 0.15) is 0 Å². The number of benzene rings is 2. The lowest BCUT2D eigenvalue weighted by molar-refractivity contribution is -0.130. The number of hydrogen-bond donors (Lipinski definition) is 0. The smallest absolute Gasteiger partial charge is 0.236 e. The summed E-state index contributed by atoms with van der Waals surface area (Å²) in [5.74, 6) is 1.11. The maximum atomic E-state index is 13.3. The summed E-state index contributed by atoms with van der Waals surface area (Å²) in [6, 6.07) is 20.7. The van der Waals surface area contributed by atoms with Crippen molar-refractivity contribution >= 4 is 23.4 Å². The van der Waals surface area contributed by atoms with Gasteiger partial charge in [-0.3, -0.25) is 14.3 Å². The van der Waals surface area contributed by atoms with Gasteiger partial charge in [-0.2, -0.15) is 0 Å². The number of anilines is 1.